The molecule has 0 saturated carbocycles. The maximum absolute atomic E-state index is 13.2. The average molecular weight is 475 g/mol. The zero-order chi connectivity index (χ0) is 25.3. The molecule has 1 unspecified atom stereocenters. The van der Waals surface area contributed by atoms with Gasteiger partial charge in [-0.05, 0) is 39.7 Å². The van der Waals surface area contributed by atoms with Crippen LogP contribution in [0.25, 0.3) is 0 Å². The molecule has 34 heavy (non-hydrogen) atoms. The van der Waals surface area contributed by atoms with Crippen LogP contribution in [0.1, 0.15) is 65.4 Å². The van der Waals surface area contributed by atoms with Crippen molar-refractivity contribution in [2.75, 3.05) is 19.8 Å². The molecule has 9 nitrogen and oxygen atoms in total. The van der Waals surface area contributed by atoms with Gasteiger partial charge < -0.3 is 19.5 Å². The van der Waals surface area contributed by atoms with E-state index in [0.717, 1.165) is 19.3 Å². The van der Waals surface area contributed by atoms with E-state index in [9.17, 15) is 19.7 Å². The van der Waals surface area contributed by atoms with E-state index in [2.05, 4.69) is 12.2 Å². The largest absolute Gasteiger partial charge is 0.460 e. The summed E-state index contributed by atoms with van der Waals surface area (Å²) >= 11 is 0. The molecule has 1 heterocycles. The van der Waals surface area contributed by atoms with E-state index in [1.807, 2.05) is 0 Å². The Morgan fingerprint density at radius 2 is 1.74 bits per heavy atom. The van der Waals surface area contributed by atoms with Gasteiger partial charge in [0.1, 0.15) is 6.61 Å². The molecule has 1 aromatic carbocycles. The molecular formula is C25H34N2O7. The summed E-state index contributed by atoms with van der Waals surface area (Å²) in [5, 5.41) is 14.5. The van der Waals surface area contributed by atoms with E-state index in [4.69, 9.17) is 14.2 Å². The predicted molar refractivity (Wildman–Crippen MR) is 127 cm³/mol. The molecule has 0 aliphatic carbocycles. The Morgan fingerprint density at radius 1 is 1.06 bits per heavy atom. The lowest BCUT2D eigenvalue weighted by molar-refractivity contribution is -0.384. The molecule has 0 amide bonds. The molecule has 0 fully saturated rings. The summed E-state index contributed by atoms with van der Waals surface area (Å²) in [6, 6.07) is 5.90. The highest BCUT2D eigenvalue weighted by Crippen LogP contribution is 2.40. The summed E-state index contributed by atoms with van der Waals surface area (Å²) in [5.41, 5.74) is 1.71. The fourth-order valence-corrected chi connectivity index (χ4v) is 3.79. The van der Waals surface area contributed by atoms with Gasteiger partial charge in [-0.1, -0.05) is 31.9 Å². The Kier molecular flexibility index (Phi) is 10.2. The molecule has 9 heteroatoms. The van der Waals surface area contributed by atoms with Crippen molar-refractivity contribution in [2.45, 2.75) is 65.9 Å². The fraction of sp³-hybridized carbons (Fsp3) is 0.520. The lowest BCUT2D eigenvalue weighted by Crippen LogP contribution is -2.33. The second kappa shape index (κ2) is 12.9. The smallest absolute Gasteiger partial charge is 0.337 e. The van der Waals surface area contributed by atoms with Gasteiger partial charge in [0.2, 0.25) is 0 Å². The Bertz CT molecular complexity index is 966. The van der Waals surface area contributed by atoms with Crippen LogP contribution in [0.5, 0.6) is 0 Å². The van der Waals surface area contributed by atoms with Crippen LogP contribution in [0.3, 0.4) is 0 Å². The Balaban J connectivity index is 2.36. The second-order valence-electron chi connectivity index (χ2n) is 8.40. The van der Waals surface area contributed by atoms with Crippen molar-refractivity contribution in [3.63, 3.8) is 0 Å². The van der Waals surface area contributed by atoms with Crippen LogP contribution >= 0.6 is 0 Å². The van der Waals surface area contributed by atoms with Crippen LogP contribution in [-0.2, 0) is 23.8 Å². The number of carbonyl (C=O) groups is 2. The number of unbranched alkanes of at least 4 members (excludes halogenated alkanes) is 2. The first kappa shape index (κ1) is 27.0. The van der Waals surface area contributed by atoms with Crippen LogP contribution in [0.4, 0.5) is 5.69 Å². The number of nitro benzene ring substituents is 1. The zero-order valence-corrected chi connectivity index (χ0v) is 20.5. The molecule has 1 aliphatic rings. The van der Waals surface area contributed by atoms with Crippen molar-refractivity contribution in [2.24, 2.45) is 0 Å². The topological polar surface area (TPSA) is 117 Å². The summed E-state index contributed by atoms with van der Waals surface area (Å²) in [4.78, 5) is 37.1. The number of nitro groups is 1. The third-order valence-corrected chi connectivity index (χ3v) is 5.31. The number of carbonyl (C=O) groups excluding carboxylic acids is 2. The van der Waals surface area contributed by atoms with E-state index >= 15 is 0 Å². The number of benzene rings is 1. The van der Waals surface area contributed by atoms with Gasteiger partial charge >= 0.3 is 11.9 Å². The van der Waals surface area contributed by atoms with Gasteiger partial charge in [-0.3, -0.25) is 10.1 Å². The van der Waals surface area contributed by atoms with Crippen LogP contribution in [0, 0.1) is 10.1 Å². The van der Waals surface area contributed by atoms with Crippen LogP contribution in [-0.4, -0.2) is 42.8 Å². The van der Waals surface area contributed by atoms with E-state index in [1.54, 1.807) is 33.8 Å². The average Bonchev–Trinajstić information content (AvgIpc) is 2.77. The zero-order valence-electron chi connectivity index (χ0n) is 20.5. The maximum atomic E-state index is 13.2. The normalized spacial score (nSPS) is 15.9. The summed E-state index contributed by atoms with van der Waals surface area (Å²) in [7, 11) is 0. The number of hydrogen-bond donors (Lipinski definition) is 1. The molecule has 186 valence electrons. The van der Waals surface area contributed by atoms with Gasteiger partial charge in [0.15, 0.2) is 0 Å². The van der Waals surface area contributed by atoms with Gasteiger partial charge in [-0.2, -0.15) is 0 Å². The highest BCUT2D eigenvalue weighted by molar-refractivity contribution is 6.00. The van der Waals surface area contributed by atoms with Crippen molar-refractivity contribution in [3.05, 3.63) is 62.5 Å². The molecule has 1 aliphatic heterocycles. The Hall–Kier alpha value is -3.20. The monoisotopic (exact) mass is 474 g/mol. The number of esters is 2. The SMILES string of the molecule is CCCCCOCCOC(=O)C1=C(C)NC(C)=C(C(=O)OC(C)C)C1c1cccc([N+](=O)[O-])c1. The number of rotatable bonds is 12. The third-order valence-electron chi connectivity index (χ3n) is 5.31. The van der Waals surface area contributed by atoms with Crippen molar-refractivity contribution in [3.8, 4) is 0 Å². The van der Waals surface area contributed by atoms with Crippen molar-refractivity contribution < 1.29 is 28.7 Å². The van der Waals surface area contributed by atoms with Crippen LogP contribution in [0.15, 0.2) is 46.8 Å². The van der Waals surface area contributed by atoms with Gasteiger partial charge in [0.05, 0.1) is 34.7 Å². The van der Waals surface area contributed by atoms with Crippen molar-refractivity contribution in [1.82, 2.24) is 5.32 Å². The molecule has 0 bridgehead atoms. The van der Waals surface area contributed by atoms with Crippen molar-refractivity contribution >= 4 is 17.6 Å². The minimum absolute atomic E-state index is 0.0534. The number of nitrogens with zero attached hydrogens (tertiary/aromatic N) is 1. The molecule has 0 radical (unpaired) electrons. The molecule has 2 rings (SSSR count). The van der Waals surface area contributed by atoms with E-state index in [-0.39, 0.29) is 36.2 Å². The lowest BCUT2D eigenvalue weighted by Gasteiger charge is -2.30. The number of allylic oxidation sites excluding steroid dienone is 2. The first-order chi connectivity index (χ1) is 16.2. The molecule has 0 spiro atoms. The van der Waals surface area contributed by atoms with Gasteiger partial charge in [-0.25, -0.2) is 9.59 Å². The first-order valence-corrected chi connectivity index (χ1v) is 11.6. The Morgan fingerprint density at radius 3 is 2.35 bits per heavy atom. The molecule has 0 saturated heterocycles. The highest BCUT2D eigenvalue weighted by Gasteiger charge is 2.38. The minimum Gasteiger partial charge on any atom is -0.460 e. The number of nitrogens with one attached hydrogen (secondary N) is 1. The number of hydrogen-bond acceptors (Lipinski definition) is 8. The maximum Gasteiger partial charge on any atom is 0.337 e. The van der Waals surface area contributed by atoms with Gasteiger partial charge in [0, 0.05) is 30.1 Å². The number of ether oxygens (including phenoxy) is 3. The summed E-state index contributed by atoms with van der Waals surface area (Å²) < 4.78 is 16.4. The standard InChI is InChI=1S/C25H34N2O7/c1-6-7-8-12-32-13-14-33-24(28)21-17(4)26-18(5)22(25(29)34-16(2)3)23(21)19-10-9-11-20(15-19)27(30)31/h9-11,15-16,23,26H,6-8,12-14H2,1-5H3. The molecule has 1 atom stereocenters. The lowest BCUT2D eigenvalue weighted by atomic mass is 9.80. The van der Waals surface area contributed by atoms with Gasteiger partial charge in [-0.15, -0.1) is 0 Å². The van der Waals surface area contributed by atoms with Crippen molar-refractivity contribution in [1.29, 1.82) is 0 Å². The summed E-state index contributed by atoms with van der Waals surface area (Å²) in [6.07, 6.45) is 2.72. The predicted octanol–water partition coefficient (Wildman–Crippen LogP) is 4.53. The summed E-state index contributed by atoms with van der Waals surface area (Å²) in [5.74, 6) is -2.11. The third kappa shape index (κ3) is 7.15. The highest BCUT2D eigenvalue weighted by atomic mass is 16.6. The van der Waals surface area contributed by atoms with Gasteiger partial charge in [0.25, 0.3) is 5.69 Å². The molecule has 1 N–H and O–H groups in total. The number of dihydropyridines is 1. The van der Waals surface area contributed by atoms with E-state index in [1.165, 1.54) is 18.2 Å². The number of non-ortho nitro benzene ring substituents is 1. The molecule has 0 aromatic heterocycles. The minimum atomic E-state index is -0.884. The van der Waals surface area contributed by atoms with Crippen LogP contribution < -0.4 is 5.32 Å². The molecular weight excluding hydrogens is 440 g/mol. The van der Waals surface area contributed by atoms with Crippen LogP contribution in [0.2, 0.25) is 0 Å². The Labute approximate surface area is 200 Å². The second-order valence-corrected chi connectivity index (χ2v) is 8.40. The molecule has 1 aromatic rings. The van der Waals surface area contributed by atoms with E-state index < -0.39 is 22.8 Å². The quantitative estimate of drug-likeness (QED) is 0.203. The summed E-state index contributed by atoms with van der Waals surface area (Å²) in [6.45, 7) is 9.87. The van der Waals surface area contributed by atoms with E-state index in [0.29, 0.717) is 23.6 Å². The fourth-order valence-electron chi connectivity index (χ4n) is 3.79. The first-order valence-electron chi connectivity index (χ1n) is 11.6.